The normalized spacial score (nSPS) is 13.9. The molecular weight excluding hydrogens is 444 g/mol. The monoisotopic (exact) mass is 476 g/mol. The molecule has 0 amide bonds. The molecule has 0 aromatic heterocycles. The molecule has 5 aromatic rings. The molecule has 0 heteroatoms. The maximum atomic E-state index is 2.38. The molecule has 0 saturated heterocycles. The van der Waals surface area contributed by atoms with Gasteiger partial charge >= 0.3 is 0 Å². The lowest BCUT2D eigenvalue weighted by atomic mass is 9.68. The van der Waals surface area contributed by atoms with Gasteiger partial charge in [-0.05, 0) is 69.1 Å². The Labute approximate surface area is 220 Å². The molecule has 180 valence electrons. The molecule has 0 nitrogen and oxygen atoms in total. The Hall–Kier alpha value is -4.16. The molecule has 5 aromatic carbocycles. The van der Waals surface area contributed by atoms with Crippen LogP contribution in [0.2, 0.25) is 0 Å². The van der Waals surface area contributed by atoms with E-state index in [9.17, 15) is 0 Å². The van der Waals surface area contributed by atoms with Crippen LogP contribution in [-0.2, 0) is 5.41 Å². The topological polar surface area (TPSA) is 0 Å². The number of aryl methyl sites for hydroxylation is 2. The average Bonchev–Trinajstić information content (AvgIpc) is 2.91. The van der Waals surface area contributed by atoms with Crippen molar-refractivity contribution in [1.29, 1.82) is 0 Å². The molecule has 0 atom stereocenters. The van der Waals surface area contributed by atoms with Crippen molar-refractivity contribution in [2.45, 2.75) is 33.1 Å². The highest BCUT2D eigenvalue weighted by molar-refractivity contribution is 6.07. The Morgan fingerprint density at radius 1 is 0.514 bits per heavy atom. The molecule has 6 rings (SSSR count). The van der Waals surface area contributed by atoms with Crippen LogP contribution in [0, 0.1) is 13.8 Å². The number of rotatable bonds is 4. The minimum absolute atomic E-state index is 0.0884. The van der Waals surface area contributed by atoms with Gasteiger partial charge in [-0.15, -0.1) is 0 Å². The van der Waals surface area contributed by atoms with Gasteiger partial charge in [-0.1, -0.05) is 146 Å². The summed E-state index contributed by atoms with van der Waals surface area (Å²) in [6.07, 6.45) is 8.92. The predicted octanol–water partition coefficient (Wildman–Crippen LogP) is 10.1. The van der Waals surface area contributed by atoms with Crippen LogP contribution in [0.3, 0.4) is 0 Å². The number of hydrogen-bond donors (Lipinski definition) is 0. The molecule has 0 fully saturated rings. The molecule has 0 unspecified atom stereocenters. The average molecular weight is 477 g/mol. The lowest BCUT2D eigenvalue weighted by Crippen LogP contribution is -2.23. The van der Waals surface area contributed by atoms with E-state index in [4.69, 9.17) is 0 Å². The summed E-state index contributed by atoms with van der Waals surface area (Å²) >= 11 is 0. The predicted molar refractivity (Wildman–Crippen MR) is 162 cm³/mol. The third-order valence-corrected chi connectivity index (χ3v) is 7.83. The summed E-state index contributed by atoms with van der Waals surface area (Å²) in [6, 6.07) is 35.7. The van der Waals surface area contributed by atoms with Gasteiger partial charge in [-0.2, -0.15) is 0 Å². The largest absolute Gasteiger partial charge is 0.0613 e. The molecule has 0 aliphatic heterocycles. The third-order valence-electron chi connectivity index (χ3n) is 7.83. The van der Waals surface area contributed by atoms with Crippen LogP contribution in [0.15, 0.2) is 97.1 Å². The number of benzene rings is 5. The lowest BCUT2D eigenvalue weighted by molar-refractivity contribution is 0.645. The highest BCUT2D eigenvalue weighted by Crippen LogP contribution is 2.49. The summed E-state index contributed by atoms with van der Waals surface area (Å²) in [5, 5.41) is 2.70. The molecular formula is C37H32. The molecule has 0 N–H and O–H groups in total. The van der Waals surface area contributed by atoms with Crippen molar-refractivity contribution in [3.8, 4) is 11.1 Å². The zero-order valence-electron chi connectivity index (χ0n) is 22.0. The van der Waals surface area contributed by atoms with E-state index in [1.165, 1.54) is 66.4 Å². The second kappa shape index (κ2) is 9.05. The quantitative estimate of drug-likeness (QED) is 0.226. The van der Waals surface area contributed by atoms with Crippen LogP contribution in [0.25, 0.3) is 46.2 Å². The van der Waals surface area contributed by atoms with Crippen LogP contribution in [-0.4, -0.2) is 0 Å². The Bertz CT molecular complexity index is 1670. The first-order chi connectivity index (χ1) is 17.9. The Balaban J connectivity index is 1.43. The van der Waals surface area contributed by atoms with Crippen molar-refractivity contribution in [2.75, 3.05) is 0 Å². The molecule has 0 radical (unpaired) electrons. The minimum Gasteiger partial charge on any atom is -0.0613 e. The van der Waals surface area contributed by atoms with Gasteiger partial charge in [0.05, 0.1) is 0 Å². The van der Waals surface area contributed by atoms with Gasteiger partial charge in [-0.3, -0.25) is 0 Å². The lowest BCUT2D eigenvalue weighted by Gasteiger charge is -2.35. The molecule has 37 heavy (non-hydrogen) atoms. The van der Waals surface area contributed by atoms with Crippen LogP contribution >= 0.6 is 0 Å². The van der Waals surface area contributed by atoms with Crippen molar-refractivity contribution in [2.24, 2.45) is 0 Å². The molecule has 0 spiro atoms. The van der Waals surface area contributed by atoms with E-state index < -0.39 is 0 Å². The van der Waals surface area contributed by atoms with Gasteiger partial charge in [-0.25, -0.2) is 0 Å². The summed E-state index contributed by atoms with van der Waals surface area (Å²) in [4.78, 5) is 0. The van der Waals surface area contributed by atoms with E-state index in [0.29, 0.717) is 0 Å². The fourth-order valence-electron chi connectivity index (χ4n) is 5.62. The van der Waals surface area contributed by atoms with Gasteiger partial charge in [0.2, 0.25) is 0 Å². The second-order valence-corrected chi connectivity index (χ2v) is 10.8. The molecule has 0 bridgehead atoms. The minimum atomic E-state index is -0.0884. The Morgan fingerprint density at radius 2 is 1.08 bits per heavy atom. The summed E-state index contributed by atoms with van der Waals surface area (Å²) in [6.45, 7) is 8.99. The molecule has 1 aliphatic carbocycles. The highest BCUT2D eigenvalue weighted by Gasteiger charge is 2.33. The van der Waals surface area contributed by atoms with Crippen LogP contribution in [0.1, 0.15) is 58.4 Å². The maximum absolute atomic E-state index is 2.38. The summed E-state index contributed by atoms with van der Waals surface area (Å²) in [7, 11) is 0. The third kappa shape index (κ3) is 4.23. The first-order valence-corrected chi connectivity index (χ1v) is 13.1. The van der Waals surface area contributed by atoms with Gasteiger partial charge < -0.3 is 0 Å². The van der Waals surface area contributed by atoms with Crippen LogP contribution in [0.4, 0.5) is 0 Å². The summed E-state index contributed by atoms with van der Waals surface area (Å²) in [5.74, 6) is 0. The number of fused-ring (bicyclic) bond motifs is 2. The zero-order chi connectivity index (χ0) is 25.6. The molecule has 0 heterocycles. The molecule has 1 aliphatic rings. The fraction of sp³-hybridized carbons (Fsp3) is 0.135. The van der Waals surface area contributed by atoms with Gasteiger partial charge in [0.1, 0.15) is 0 Å². The highest BCUT2D eigenvalue weighted by atomic mass is 14.4. The Morgan fingerprint density at radius 3 is 1.76 bits per heavy atom. The first kappa shape index (κ1) is 23.3. The van der Waals surface area contributed by atoms with E-state index in [1.807, 2.05) is 0 Å². The van der Waals surface area contributed by atoms with E-state index in [-0.39, 0.29) is 5.41 Å². The summed E-state index contributed by atoms with van der Waals surface area (Å²) < 4.78 is 0. The summed E-state index contributed by atoms with van der Waals surface area (Å²) in [5.41, 5.74) is 12.9. The molecule has 0 saturated carbocycles. The van der Waals surface area contributed by atoms with Crippen molar-refractivity contribution >= 4 is 35.1 Å². The van der Waals surface area contributed by atoms with E-state index in [0.717, 1.165) is 0 Å². The zero-order valence-corrected chi connectivity index (χ0v) is 22.0. The SMILES string of the molecule is Cc1ccc(/C=C/c2ccc3c(c2)C(C)(C)c2cccc4c(/C=C/c5ccc(C)cc5)ccc-3c24)cc1. The van der Waals surface area contributed by atoms with Crippen molar-refractivity contribution in [3.63, 3.8) is 0 Å². The Kier molecular flexibility index (Phi) is 5.69. The second-order valence-electron chi connectivity index (χ2n) is 10.8. The fourth-order valence-corrected chi connectivity index (χ4v) is 5.62. The van der Waals surface area contributed by atoms with E-state index >= 15 is 0 Å². The van der Waals surface area contributed by atoms with Crippen LogP contribution in [0.5, 0.6) is 0 Å². The van der Waals surface area contributed by atoms with Crippen molar-refractivity contribution < 1.29 is 0 Å². The standard InChI is InChI=1S/C37H32/c1-25-8-12-27(13-9-25)16-17-29-19-22-32-33-23-21-30(20-18-28-14-10-26(2)11-15-28)31-6-5-7-34(36(31)33)37(3,4)35(32)24-29/h5-24H,1-4H3/b17-16+,20-18+. The first-order valence-electron chi connectivity index (χ1n) is 13.1. The smallest absolute Gasteiger partial charge is 0.0159 e. The number of hydrogen-bond acceptors (Lipinski definition) is 0. The van der Waals surface area contributed by atoms with Gasteiger partial charge in [0.25, 0.3) is 0 Å². The maximum Gasteiger partial charge on any atom is 0.0159 e. The van der Waals surface area contributed by atoms with E-state index in [2.05, 4.69) is 149 Å². The van der Waals surface area contributed by atoms with E-state index in [1.54, 1.807) is 0 Å². The van der Waals surface area contributed by atoms with Crippen LogP contribution < -0.4 is 0 Å². The van der Waals surface area contributed by atoms with Gasteiger partial charge in [0, 0.05) is 5.41 Å². The van der Waals surface area contributed by atoms with Crippen molar-refractivity contribution in [1.82, 2.24) is 0 Å². The van der Waals surface area contributed by atoms with Crippen molar-refractivity contribution in [3.05, 3.63) is 142 Å². The van der Waals surface area contributed by atoms with Gasteiger partial charge in [0.15, 0.2) is 0 Å².